The van der Waals surface area contributed by atoms with E-state index in [0.29, 0.717) is 36.6 Å². The molecule has 0 spiro atoms. The Hall–Kier alpha value is -3.03. The number of hydrogen-bond donors (Lipinski definition) is 3. The molecule has 1 aromatic carbocycles. The minimum absolute atomic E-state index is 0.129. The van der Waals surface area contributed by atoms with Gasteiger partial charge in [-0.2, -0.15) is 5.10 Å². The van der Waals surface area contributed by atoms with Crippen molar-refractivity contribution in [3.8, 4) is 11.5 Å². The predicted octanol–water partition coefficient (Wildman–Crippen LogP) is 1.47. The first kappa shape index (κ1) is 16.8. The van der Waals surface area contributed by atoms with Gasteiger partial charge in [-0.15, -0.1) is 0 Å². The van der Waals surface area contributed by atoms with E-state index in [2.05, 4.69) is 20.8 Å². The maximum absolute atomic E-state index is 12.3. The molecule has 3 rings (SSSR count). The van der Waals surface area contributed by atoms with Crippen LogP contribution in [-0.4, -0.2) is 40.8 Å². The standard InChI is InChI=1S/C17H20N4O4/c1-11-16(25-14-6-3-2-5-13(14)24-11)17(23)18-8-4-7-15(22)21-12-9-19-20-10-12/h2-3,5-6,9-11,16H,4,7-8H2,1H3,(H,18,23)(H,19,20)(H,21,22)/t11-,16+/m1/s1. The molecule has 3 N–H and O–H groups in total. The number of ether oxygens (including phenoxy) is 2. The van der Waals surface area contributed by atoms with Crippen molar-refractivity contribution in [2.45, 2.75) is 32.0 Å². The molecule has 8 heteroatoms. The second-order valence-electron chi connectivity index (χ2n) is 5.74. The Morgan fingerprint density at radius 1 is 1.24 bits per heavy atom. The summed E-state index contributed by atoms with van der Waals surface area (Å²) in [4.78, 5) is 24.0. The van der Waals surface area contributed by atoms with Crippen LogP contribution in [0, 0.1) is 0 Å². The van der Waals surface area contributed by atoms with Crippen LogP contribution in [0.4, 0.5) is 5.69 Å². The quantitative estimate of drug-likeness (QED) is 0.688. The topological polar surface area (TPSA) is 105 Å². The summed E-state index contributed by atoms with van der Waals surface area (Å²) in [5, 5.41) is 11.9. The third-order valence-corrected chi connectivity index (χ3v) is 3.76. The zero-order valence-electron chi connectivity index (χ0n) is 13.8. The number of rotatable bonds is 6. The fourth-order valence-electron chi connectivity index (χ4n) is 2.51. The molecule has 0 unspecified atom stereocenters. The third kappa shape index (κ3) is 4.28. The summed E-state index contributed by atoms with van der Waals surface area (Å²) >= 11 is 0. The molecule has 2 heterocycles. The number of aromatic nitrogens is 2. The molecule has 0 saturated carbocycles. The second kappa shape index (κ2) is 7.69. The summed E-state index contributed by atoms with van der Waals surface area (Å²) in [7, 11) is 0. The van der Waals surface area contributed by atoms with Crippen molar-refractivity contribution in [2.24, 2.45) is 0 Å². The Morgan fingerprint density at radius 2 is 2.00 bits per heavy atom. The molecule has 0 bridgehead atoms. The van der Waals surface area contributed by atoms with Gasteiger partial charge in [0.25, 0.3) is 5.91 Å². The molecule has 0 fully saturated rings. The second-order valence-corrected chi connectivity index (χ2v) is 5.74. The molecule has 2 amide bonds. The van der Waals surface area contributed by atoms with Gasteiger partial charge in [0.05, 0.1) is 11.9 Å². The van der Waals surface area contributed by atoms with Crippen molar-refractivity contribution in [3.63, 3.8) is 0 Å². The monoisotopic (exact) mass is 344 g/mol. The highest BCUT2D eigenvalue weighted by atomic mass is 16.6. The molecule has 0 saturated heterocycles. The van der Waals surface area contributed by atoms with E-state index in [9.17, 15) is 9.59 Å². The number of H-pyrrole nitrogens is 1. The van der Waals surface area contributed by atoms with Crippen LogP contribution in [0.2, 0.25) is 0 Å². The summed E-state index contributed by atoms with van der Waals surface area (Å²) in [6.07, 6.45) is 2.84. The van der Waals surface area contributed by atoms with Crippen molar-refractivity contribution in [1.82, 2.24) is 15.5 Å². The van der Waals surface area contributed by atoms with Gasteiger partial charge in [0, 0.05) is 19.2 Å². The largest absolute Gasteiger partial charge is 0.482 e. The summed E-state index contributed by atoms with van der Waals surface area (Å²) in [6, 6.07) is 7.25. The van der Waals surface area contributed by atoms with E-state index < -0.39 is 6.10 Å². The van der Waals surface area contributed by atoms with E-state index in [1.165, 1.54) is 6.20 Å². The van der Waals surface area contributed by atoms with Gasteiger partial charge in [0.2, 0.25) is 12.0 Å². The zero-order valence-corrected chi connectivity index (χ0v) is 13.8. The van der Waals surface area contributed by atoms with Crippen LogP contribution in [0.1, 0.15) is 19.8 Å². The number of benzene rings is 1. The maximum atomic E-state index is 12.3. The Bertz CT molecular complexity index is 732. The van der Waals surface area contributed by atoms with Crippen LogP contribution >= 0.6 is 0 Å². The van der Waals surface area contributed by atoms with Crippen molar-refractivity contribution < 1.29 is 19.1 Å². The van der Waals surface area contributed by atoms with Crippen molar-refractivity contribution >= 4 is 17.5 Å². The number of hydrogen-bond acceptors (Lipinski definition) is 5. The normalized spacial score (nSPS) is 18.4. The van der Waals surface area contributed by atoms with Gasteiger partial charge in [-0.25, -0.2) is 0 Å². The lowest BCUT2D eigenvalue weighted by Crippen LogP contribution is -2.49. The predicted molar refractivity (Wildman–Crippen MR) is 90.4 cm³/mol. The molecule has 25 heavy (non-hydrogen) atoms. The Labute approximate surface area is 144 Å². The molecule has 0 radical (unpaired) electrons. The molecule has 8 nitrogen and oxygen atoms in total. The number of amides is 2. The lowest BCUT2D eigenvalue weighted by Gasteiger charge is -2.31. The molecule has 2 atom stereocenters. The third-order valence-electron chi connectivity index (χ3n) is 3.76. The smallest absolute Gasteiger partial charge is 0.265 e. The van der Waals surface area contributed by atoms with Crippen LogP contribution in [0.15, 0.2) is 36.7 Å². The van der Waals surface area contributed by atoms with Gasteiger partial charge in [-0.1, -0.05) is 12.1 Å². The molecular weight excluding hydrogens is 324 g/mol. The Morgan fingerprint density at radius 3 is 2.72 bits per heavy atom. The van der Waals surface area contributed by atoms with E-state index in [1.807, 2.05) is 12.1 Å². The molecule has 2 aromatic rings. The number of anilines is 1. The number of para-hydroxylation sites is 2. The molecule has 1 aromatic heterocycles. The van der Waals surface area contributed by atoms with Crippen LogP contribution in [0.25, 0.3) is 0 Å². The summed E-state index contributed by atoms with van der Waals surface area (Å²) in [5.74, 6) is 0.808. The van der Waals surface area contributed by atoms with Crippen molar-refractivity contribution in [2.75, 3.05) is 11.9 Å². The molecular formula is C17H20N4O4. The Balaban J connectivity index is 1.41. The van der Waals surface area contributed by atoms with E-state index in [4.69, 9.17) is 9.47 Å². The zero-order chi connectivity index (χ0) is 17.6. The Kier molecular flexibility index (Phi) is 5.17. The van der Waals surface area contributed by atoms with Gasteiger partial charge < -0.3 is 20.1 Å². The van der Waals surface area contributed by atoms with Gasteiger partial charge in [-0.05, 0) is 25.5 Å². The van der Waals surface area contributed by atoms with E-state index in [0.717, 1.165) is 0 Å². The number of aromatic amines is 1. The highest BCUT2D eigenvalue weighted by molar-refractivity contribution is 5.90. The number of carbonyl (C=O) groups excluding carboxylic acids is 2. The first-order valence-electron chi connectivity index (χ1n) is 8.12. The van der Waals surface area contributed by atoms with Crippen LogP contribution in [0.5, 0.6) is 11.5 Å². The maximum Gasteiger partial charge on any atom is 0.265 e. The van der Waals surface area contributed by atoms with Gasteiger partial charge in [-0.3, -0.25) is 14.7 Å². The van der Waals surface area contributed by atoms with Crippen LogP contribution in [-0.2, 0) is 9.59 Å². The summed E-state index contributed by atoms with van der Waals surface area (Å²) in [5.41, 5.74) is 0.620. The molecule has 132 valence electrons. The lowest BCUT2D eigenvalue weighted by atomic mass is 10.1. The lowest BCUT2D eigenvalue weighted by molar-refractivity contribution is -0.133. The highest BCUT2D eigenvalue weighted by Crippen LogP contribution is 2.33. The van der Waals surface area contributed by atoms with Gasteiger partial charge in [0.15, 0.2) is 11.5 Å². The number of nitrogens with one attached hydrogen (secondary N) is 3. The average Bonchev–Trinajstić information content (AvgIpc) is 3.10. The van der Waals surface area contributed by atoms with E-state index in [-0.39, 0.29) is 17.9 Å². The minimum Gasteiger partial charge on any atom is -0.482 e. The van der Waals surface area contributed by atoms with E-state index >= 15 is 0 Å². The summed E-state index contributed by atoms with van der Waals surface area (Å²) in [6.45, 7) is 2.17. The first-order valence-corrected chi connectivity index (χ1v) is 8.12. The van der Waals surface area contributed by atoms with Crippen LogP contribution in [0.3, 0.4) is 0 Å². The van der Waals surface area contributed by atoms with Gasteiger partial charge in [0.1, 0.15) is 6.10 Å². The summed E-state index contributed by atoms with van der Waals surface area (Å²) < 4.78 is 11.4. The molecule has 0 aliphatic carbocycles. The molecule has 1 aliphatic rings. The first-order chi connectivity index (χ1) is 12.1. The van der Waals surface area contributed by atoms with Crippen molar-refractivity contribution in [3.05, 3.63) is 36.7 Å². The SMILES string of the molecule is C[C@H]1Oc2ccccc2O[C@@H]1C(=O)NCCCC(=O)Nc1cn[nH]c1. The van der Waals surface area contributed by atoms with Crippen LogP contribution < -0.4 is 20.1 Å². The highest BCUT2D eigenvalue weighted by Gasteiger charge is 2.33. The fraction of sp³-hybridized carbons (Fsp3) is 0.353. The van der Waals surface area contributed by atoms with Crippen molar-refractivity contribution in [1.29, 1.82) is 0 Å². The average molecular weight is 344 g/mol. The number of fused-ring (bicyclic) bond motifs is 1. The number of nitrogens with zero attached hydrogens (tertiary/aromatic N) is 1. The van der Waals surface area contributed by atoms with E-state index in [1.54, 1.807) is 25.3 Å². The van der Waals surface area contributed by atoms with Gasteiger partial charge >= 0.3 is 0 Å². The number of carbonyl (C=O) groups is 2. The minimum atomic E-state index is -0.713. The molecule has 1 aliphatic heterocycles. The fourth-order valence-corrected chi connectivity index (χ4v) is 2.51.